The molecule has 0 aliphatic carbocycles. The standard InChI is InChI=1S/C21H23NO2/c1-2-3-4-11-16-20(19-14-9-6-10-15-19)22-21(23)24-17-18-12-7-5-8-13-18/h5-10,12-15,20H,2-4,17H2,1H3,(H,22,23). The molecule has 1 amide bonds. The molecule has 0 radical (unpaired) electrons. The quantitative estimate of drug-likeness (QED) is 0.610. The van der Waals surface area contributed by atoms with E-state index in [0.29, 0.717) is 0 Å². The zero-order valence-electron chi connectivity index (χ0n) is 14.0. The number of alkyl carbamates (subject to hydrolysis) is 1. The van der Waals surface area contributed by atoms with Crippen molar-refractivity contribution in [3.8, 4) is 11.8 Å². The molecule has 124 valence electrons. The third-order valence-electron chi connectivity index (χ3n) is 3.51. The van der Waals surface area contributed by atoms with E-state index in [4.69, 9.17) is 4.74 Å². The van der Waals surface area contributed by atoms with Gasteiger partial charge in [-0.1, -0.05) is 79.9 Å². The maximum atomic E-state index is 12.1. The first-order valence-corrected chi connectivity index (χ1v) is 8.30. The SMILES string of the molecule is CCCCC#CC(NC(=O)OCc1ccccc1)c1ccccc1. The number of ether oxygens (including phenoxy) is 1. The number of hydrogen-bond donors (Lipinski definition) is 1. The van der Waals surface area contributed by atoms with Crippen molar-refractivity contribution in [2.24, 2.45) is 0 Å². The van der Waals surface area contributed by atoms with Crippen LogP contribution in [0, 0.1) is 11.8 Å². The number of hydrogen-bond acceptors (Lipinski definition) is 2. The lowest BCUT2D eigenvalue weighted by molar-refractivity contribution is 0.138. The number of nitrogens with one attached hydrogen (secondary N) is 1. The van der Waals surface area contributed by atoms with Crippen LogP contribution in [0.25, 0.3) is 0 Å². The van der Waals surface area contributed by atoms with Crippen LogP contribution in [-0.2, 0) is 11.3 Å². The molecule has 0 bridgehead atoms. The van der Waals surface area contributed by atoms with Gasteiger partial charge in [-0.3, -0.25) is 0 Å². The fourth-order valence-electron chi connectivity index (χ4n) is 2.17. The lowest BCUT2D eigenvalue weighted by atomic mass is 10.1. The summed E-state index contributed by atoms with van der Waals surface area (Å²) in [4.78, 5) is 12.1. The second-order valence-corrected chi connectivity index (χ2v) is 5.47. The molecule has 3 nitrogen and oxygen atoms in total. The van der Waals surface area contributed by atoms with Crippen LogP contribution in [0.15, 0.2) is 60.7 Å². The van der Waals surface area contributed by atoms with E-state index >= 15 is 0 Å². The summed E-state index contributed by atoms with van der Waals surface area (Å²) in [5, 5.41) is 2.85. The van der Waals surface area contributed by atoms with Crippen LogP contribution in [0.5, 0.6) is 0 Å². The Morgan fingerprint density at radius 2 is 1.75 bits per heavy atom. The van der Waals surface area contributed by atoms with Crippen molar-refractivity contribution < 1.29 is 9.53 Å². The molecule has 0 heterocycles. The van der Waals surface area contributed by atoms with Gasteiger partial charge >= 0.3 is 6.09 Å². The molecule has 3 heteroatoms. The molecule has 2 rings (SSSR count). The zero-order valence-corrected chi connectivity index (χ0v) is 14.0. The monoisotopic (exact) mass is 321 g/mol. The predicted octanol–water partition coefficient (Wildman–Crippen LogP) is 4.85. The van der Waals surface area contributed by atoms with E-state index in [1.165, 1.54) is 0 Å². The molecule has 1 atom stereocenters. The lowest BCUT2D eigenvalue weighted by Gasteiger charge is -2.14. The van der Waals surface area contributed by atoms with Gasteiger partial charge in [0.2, 0.25) is 0 Å². The Morgan fingerprint density at radius 3 is 2.42 bits per heavy atom. The summed E-state index contributed by atoms with van der Waals surface area (Å²) in [5.41, 5.74) is 1.91. The smallest absolute Gasteiger partial charge is 0.408 e. The van der Waals surface area contributed by atoms with Crippen molar-refractivity contribution in [2.45, 2.75) is 38.8 Å². The molecular weight excluding hydrogens is 298 g/mol. The lowest BCUT2D eigenvalue weighted by Crippen LogP contribution is -2.28. The molecule has 24 heavy (non-hydrogen) atoms. The first kappa shape index (κ1) is 17.6. The number of amides is 1. The van der Waals surface area contributed by atoms with Gasteiger partial charge in [0.05, 0.1) is 0 Å². The Bertz CT molecular complexity index is 671. The van der Waals surface area contributed by atoms with Crippen LogP contribution in [0.2, 0.25) is 0 Å². The summed E-state index contributed by atoms with van der Waals surface area (Å²) in [7, 11) is 0. The van der Waals surface area contributed by atoms with Gasteiger partial charge in [-0.05, 0) is 17.5 Å². The largest absolute Gasteiger partial charge is 0.445 e. The van der Waals surface area contributed by atoms with E-state index in [1.54, 1.807) is 0 Å². The van der Waals surface area contributed by atoms with Crippen LogP contribution < -0.4 is 5.32 Å². The number of benzene rings is 2. The van der Waals surface area contributed by atoms with Crippen molar-refractivity contribution in [1.82, 2.24) is 5.32 Å². The normalized spacial score (nSPS) is 11.0. The summed E-state index contributed by atoms with van der Waals surface area (Å²) < 4.78 is 5.29. The Balaban J connectivity index is 1.96. The molecule has 0 fully saturated rings. The first-order valence-electron chi connectivity index (χ1n) is 8.30. The summed E-state index contributed by atoms with van der Waals surface area (Å²) in [6.45, 7) is 2.38. The van der Waals surface area contributed by atoms with E-state index in [2.05, 4.69) is 24.1 Å². The number of carbonyl (C=O) groups is 1. The van der Waals surface area contributed by atoms with Crippen LogP contribution in [0.3, 0.4) is 0 Å². The van der Waals surface area contributed by atoms with E-state index in [1.807, 2.05) is 60.7 Å². The zero-order chi connectivity index (χ0) is 17.0. The second-order valence-electron chi connectivity index (χ2n) is 5.47. The van der Waals surface area contributed by atoms with Gasteiger partial charge in [0.1, 0.15) is 12.6 Å². The van der Waals surface area contributed by atoms with E-state index in [0.717, 1.165) is 30.4 Å². The van der Waals surface area contributed by atoms with Crippen LogP contribution >= 0.6 is 0 Å². The molecule has 1 unspecified atom stereocenters. The molecule has 0 aliphatic rings. The van der Waals surface area contributed by atoms with Crippen LogP contribution in [0.1, 0.15) is 43.4 Å². The van der Waals surface area contributed by atoms with Crippen molar-refractivity contribution in [2.75, 3.05) is 0 Å². The van der Waals surface area contributed by atoms with Gasteiger partial charge in [-0.25, -0.2) is 4.79 Å². The van der Waals surface area contributed by atoms with Gasteiger partial charge in [-0.15, -0.1) is 5.92 Å². The highest BCUT2D eigenvalue weighted by molar-refractivity contribution is 5.68. The van der Waals surface area contributed by atoms with Gasteiger partial charge in [-0.2, -0.15) is 0 Å². The average molecular weight is 321 g/mol. The van der Waals surface area contributed by atoms with Gasteiger partial charge in [0.25, 0.3) is 0 Å². The Hall–Kier alpha value is -2.73. The van der Waals surface area contributed by atoms with Crippen molar-refractivity contribution in [3.63, 3.8) is 0 Å². The van der Waals surface area contributed by atoms with Crippen LogP contribution in [0.4, 0.5) is 4.79 Å². The Morgan fingerprint density at radius 1 is 1.08 bits per heavy atom. The van der Waals surface area contributed by atoms with Crippen molar-refractivity contribution in [1.29, 1.82) is 0 Å². The molecule has 0 spiro atoms. The number of unbranched alkanes of at least 4 members (excludes halogenated alkanes) is 2. The number of carbonyl (C=O) groups excluding carboxylic acids is 1. The highest BCUT2D eigenvalue weighted by Gasteiger charge is 2.12. The minimum Gasteiger partial charge on any atom is -0.445 e. The molecule has 0 saturated heterocycles. The number of rotatable bonds is 6. The molecule has 0 aliphatic heterocycles. The van der Waals surface area contributed by atoms with Crippen LogP contribution in [-0.4, -0.2) is 6.09 Å². The van der Waals surface area contributed by atoms with Gasteiger partial charge < -0.3 is 10.1 Å². The third-order valence-corrected chi connectivity index (χ3v) is 3.51. The fraction of sp³-hybridized carbons (Fsp3) is 0.286. The highest BCUT2D eigenvalue weighted by Crippen LogP contribution is 2.12. The summed E-state index contributed by atoms with van der Waals surface area (Å²) in [5.74, 6) is 6.28. The van der Waals surface area contributed by atoms with Crippen molar-refractivity contribution in [3.05, 3.63) is 71.8 Å². The van der Waals surface area contributed by atoms with Gasteiger partial charge in [0, 0.05) is 6.42 Å². The van der Waals surface area contributed by atoms with Gasteiger partial charge in [0.15, 0.2) is 0 Å². The average Bonchev–Trinajstić information content (AvgIpc) is 2.64. The molecule has 0 aromatic heterocycles. The van der Waals surface area contributed by atoms with E-state index < -0.39 is 6.09 Å². The predicted molar refractivity (Wildman–Crippen MR) is 96.2 cm³/mol. The minimum absolute atomic E-state index is 0.247. The fourth-order valence-corrected chi connectivity index (χ4v) is 2.17. The highest BCUT2D eigenvalue weighted by atomic mass is 16.5. The second kappa shape index (κ2) is 10.1. The maximum Gasteiger partial charge on any atom is 0.408 e. The summed E-state index contributed by atoms with van der Waals surface area (Å²) >= 11 is 0. The first-order chi connectivity index (χ1) is 11.8. The van der Waals surface area contributed by atoms with E-state index in [9.17, 15) is 4.79 Å². The Kier molecular flexibility index (Phi) is 7.43. The third kappa shape index (κ3) is 6.18. The Labute approximate surface area is 144 Å². The molecule has 2 aromatic rings. The topological polar surface area (TPSA) is 38.3 Å². The molecule has 1 N–H and O–H groups in total. The summed E-state index contributed by atoms with van der Waals surface area (Å²) in [6.07, 6.45) is 2.54. The van der Waals surface area contributed by atoms with Crippen molar-refractivity contribution >= 4 is 6.09 Å². The molecular formula is C21H23NO2. The van der Waals surface area contributed by atoms with E-state index in [-0.39, 0.29) is 12.6 Å². The maximum absolute atomic E-state index is 12.1. The molecule has 2 aromatic carbocycles. The molecule has 0 saturated carbocycles. The minimum atomic E-state index is -0.461. The summed E-state index contributed by atoms with van der Waals surface area (Å²) in [6, 6.07) is 19.0.